The molecule has 0 aliphatic rings. The first kappa shape index (κ1) is 10.7. The molecule has 3 heteroatoms. The van der Waals surface area contributed by atoms with Crippen LogP contribution in [-0.4, -0.2) is 15.1 Å². The minimum Gasteiger partial charge on any atom is -0.508 e. The van der Waals surface area contributed by atoms with Crippen molar-refractivity contribution in [2.75, 3.05) is 0 Å². The number of hydrogen-bond acceptors (Lipinski definition) is 2. The lowest BCUT2D eigenvalue weighted by Crippen LogP contribution is -2.13. The molecule has 0 saturated carbocycles. The van der Waals surface area contributed by atoms with Gasteiger partial charge >= 0.3 is 0 Å². The van der Waals surface area contributed by atoms with E-state index in [1.54, 1.807) is 18.3 Å². The SMILES string of the molecule is CC(C)(C)c1ncc(-c2cccc(O)c2)[nH]1. The Hall–Kier alpha value is -1.77. The number of benzene rings is 1. The molecule has 0 aliphatic heterocycles. The average Bonchev–Trinajstić information content (AvgIpc) is 2.65. The normalized spacial score (nSPS) is 11.7. The lowest BCUT2D eigenvalue weighted by Gasteiger charge is -2.14. The average molecular weight is 216 g/mol. The van der Waals surface area contributed by atoms with Crippen LogP contribution in [0.1, 0.15) is 26.6 Å². The summed E-state index contributed by atoms with van der Waals surface area (Å²) in [5, 5.41) is 9.41. The summed E-state index contributed by atoms with van der Waals surface area (Å²) in [6.07, 6.45) is 1.80. The molecular weight excluding hydrogens is 200 g/mol. The molecule has 2 N–H and O–H groups in total. The van der Waals surface area contributed by atoms with Gasteiger partial charge < -0.3 is 10.1 Å². The van der Waals surface area contributed by atoms with Gasteiger partial charge in [-0.15, -0.1) is 0 Å². The first-order valence-corrected chi connectivity index (χ1v) is 5.32. The summed E-state index contributed by atoms with van der Waals surface area (Å²) >= 11 is 0. The number of rotatable bonds is 1. The van der Waals surface area contributed by atoms with Gasteiger partial charge in [0.15, 0.2) is 0 Å². The third-order valence-corrected chi connectivity index (χ3v) is 2.44. The summed E-state index contributed by atoms with van der Waals surface area (Å²) in [6, 6.07) is 7.15. The fourth-order valence-corrected chi connectivity index (χ4v) is 1.52. The molecule has 0 bridgehead atoms. The Morgan fingerprint density at radius 1 is 1.25 bits per heavy atom. The van der Waals surface area contributed by atoms with E-state index in [1.807, 2.05) is 12.1 Å². The van der Waals surface area contributed by atoms with Crippen molar-refractivity contribution in [1.82, 2.24) is 9.97 Å². The third kappa shape index (κ3) is 2.08. The van der Waals surface area contributed by atoms with Crippen molar-refractivity contribution in [2.45, 2.75) is 26.2 Å². The van der Waals surface area contributed by atoms with Crippen LogP contribution in [0.5, 0.6) is 5.75 Å². The van der Waals surface area contributed by atoms with E-state index in [9.17, 15) is 5.11 Å². The van der Waals surface area contributed by atoms with Crippen LogP contribution in [0.4, 0.5) is 0 Å². The molecule has 0 unspecified atom stereocenters. The molecule has 0 saturated heterocycles. The van der Waals surface area contributed by atoms with Gasteiger partial charge in [0.2, 0.25) is 0 Å². The van der Waals surface area contributed by atoms with E-state index < -0.39 is 0 Å². The molecule has 16 heavy (non-hydrogen) atoms. The van der Waals surface area contributed by atoms with Crippen molar-refractivity contribution >= 4 is 0 Å². The number of aromatic nitrogens is 2. The van der Waals surface area contributed by atoms with Crippen LogP contribution >= 0.6 is 0 Å². The van der Waals surface area contributed by atoms with Crippen molar-refractivity contribution in [3.05, 3.63) is 36.3 Å². The number of aromatic hydroxyl groups is 1. The van der Waals surface area contributed by atoms with Crippen LogP contribution in [0.15, 0.2) is 30.5 Å². The van der Waals surface area contributed by atoms with Crippen LogP contribution in [0.25, 0.3) is 11.3 Å². The Morgan fingerprint density at radius 3 is 2.56 bits per heavy atom. The van der Waals surface area contributed by atoms with E-state index >= 15 is 0 Å². The molecule has 0 radical (unpaired) electrons. The fraction of sp³-hybridized carbons (Fsp3) is 0.308. The molecule has 1 aromatic carbocycles. The third-order valence-electron chi connectivity index (χ3n) is 2.44. The highest BCUT2D eigenvalue weighted by molar-refractivity contribution is 5.60. The number of imidazole rings is 1. The Balaban J connectivity index is 2.39. The number of phenolic OH excluding ortho intramolecular Hbond substituents is 1. The van der Waals surface area contributed by atoms with Gasteiger partial charge in [-0.05, 0) is 12.1 Å². The van der Waals surface area contributed by atoms with Gasteiger partial charge in [-0.1, -0.05) is 32.9 Å². The van der Waals surface area contributed by atoms with Crippen molar-refractivity contribution < 1.29 is 5.11 Å². The van der Waals surface area contributed by atoms with Crippen molar-refractivity contribution in [1.29, 1.82) is 0 Å². The molecule has 0 amide bonds. The predicted octanol–water partition coefficient (Wildman–Crippen LogP) is 3.08. The Kier molecular flexibility index (Phi) is 2.46. The zero-order valence-electron chi connectivity index (χ0n) is 9.78. The number of aromatic amines is 1. The van der Waals surface area contributed by atoms with E-state index in [0.29, 0.717) is 0 Å². The zero-order valence-corrected chi connectivity index (χ0v) is 9.78. The highest BCUT2D eigenvalue weighted by Crippen LogP contribution is 2.25. The van der Waals surface area contributed by atoms with Gasteiger partial charge in [0.25, 0.3) is 0 Å². The van der Waals surface area contributed by atoms with Gasteiger partial charge in [0, 0.05) is 11.0 Å². The predicted molar refractivity (Wildman–Crippen MR) is 64.4 cm³/mol. The smallest absolute Gasteiger partial charge is 0.116 e. The number of H-pyrrole nitrogens is 1. The molecule has 3 nitrogen and oxygen atoms in total. The standard InChI is InChI=1S/C13H16N2O/c1-13(2,3)12-14-8-11(15-12)9-5-4-6-10(16)7-9/h4-8,16H,1-3H3,(H,14,15). The van der Waals surface area contributed by atoms with E-state index in [1.165, 1.54) is 0 Å². The van der Waals surface area contributed by atoms with Gasteiger partial charge in [-0.25, -0.2) is 4.98 Å². The lowest BCUT2D eigenvalue weighted by molar-refractivity contribution is 0.475. The van der Waals surface area contributed by atoms with E-state index in [-0.39, 0.29) is 11.2 Å². The van der Waals surface area contributed by atoms with Crippen LogP contribution in [0, 0.1) is 0 Å². The maximum absolute atomic E-state index is 9.41. The number of nitrogens with one attached hydrogen (secondary N) is 1. The summed E-state index contributed by atoms with van der Waals surface area (Å²) in [7, 11) is 0. The molecule has 1 heterocycles. The number of hydrogen-bond donors (Lipinski definition) is 2. The second kappa shape index (κ2) is 3.67. The fourth-order valence-electron chi connectivity index (χ4n) is 1.52. The maximum atomic E-state index is 9.41. The highest BCUT2D eigenvalue weighted by Gasteiger charge is 2.17. The topological polar surface area (TPSA) is 48.9 Å². The van der Waals surface area contributed by atoms with Crippen molar-refractivity contribution in [3.8, 4) is 17.0 Å². The minimum absolute atomic E-state index is 0.00900. The van der Waals surface area contributed by atoms with Gasteiger partial charge in [-0.3, -0.25) is 0 Å². The Labute approximate surface area is 95.2 Å². The molecule has 0 atom stereocenters. The van der Waals surface area contributed by atoms with Crippen LogP contribution in [0.3, 0.4) is 0 Å². The minimum atomic E-state index is 0.00900. The van der Waals surface area contributed by atoms with Gasteiger partial charge in [-0.2, -0.15) is 0 Å². The summed E-state index contributed by atoms with van der Waals surface area (Å²) in [4.78, 5) is 7.63. The molecule has 1 aromatic heterocycles. The monoisotopic (exact) mass is 216 g/mol. The van der Waals surface area contributed by atoms with E-state index in [2.05, 4.69) is 30.7 Å². The Morgan fingerprint density at radius 2 is 2.00 bits per heavy atom. The van der Waals surface area contributed by atoms with E-state index in [0.717, 1.165) is 17.1 Å². The second-order valence-electron chi connectivity index (χ2n) is 4.95. The molecule has 84 valence electrons. The molecule has 2 rings (SSSR count). The first-order valence-electron chi connectivity index (χ1n) is 5.32. The zero-order chi connectivity index (χ0) is 11.8. The van der Waals surface area contributed by atoms with Gasteiger partial charge in [0.05, 0.1) is 11.9 Å². The molecule has 0 spiro atoms. The maximum Gasteiger partial charge on any atom is 0.116 e. The summed E-state index contributed by atoms with van der Waals surface area (Å²) in [5.74, 6) is 1.22. The summed E-state index contributed by atoms with van der Waals surface area (Å²) in [6.45, 7) is 6.33. The Bertz CT molecular complexity index is 495. The van der Waals surface area contributed by atoms with E-state index in [4.69, 9.17) is 0 Å². The first-order chi connectivity index (χ1) is 7.47. The highest BCUT2D eigenvalue weighted by atomic mass is 16.3. The van der Waals surface area contributed by atoms with Crippen molar-refractivity contribution in [2.24, 2.45) is 0 Å². The summed E-state index contributed by atoms with van der Waals surface area (Å²) in [5.41, 5.74) is 1.89. The number of phenols is 1. The molecular formula is C13H16N2O. The molecule has 0 fully saturated rings. The van der Waals surface area contributed by atoms with Crippen LogP contribution in [0.2, 0.25) is 0 Å². The van der Waals surface area contributed by atoms with Crippen molar-refractivity contribution in [3.63, 3.8) is 0 Å². The molecule has 2 aromatic rings. The van der Waals surface area contributed by atoms with Gasteiger partial charge in [0.1, 0.15) is 11.6 Å². The second-order valence-corrected chi connectivity index (χ2v) is 4.95. The summed E-state index contributed by atoms with van der Waals surface area (Å²) < 4.78 is 0. The quantitative estimate of drug-likeness (QED) is 0.769. The van der Waals surface area contributed by atoms with Crippen LogP contribution < -0.4 is 0 Å². The number of nitrogens with zero attached hydrogens (tertiary/aromatic N) is 1. The largest absolute Gasteiger partial charge is 0.508 e. The van der Waals surface area contributed by atoms with Crippen LogP contribution in [-0.2, 0) is 5.41 Å². The lowest BCUT2D eigenvalue weighted by atomic mass is 9.96. The molecule has 0 aliphatic carbocycles.